The largest absolute Gasteiger partial charge is 0.458 e. The van der Waals surface area contributed by atoms with E-state index in [4.69, 9.17) is 4.74 Å². The van der Waals surface area contributed by atoms with Gasteiger partial charge in [-0.2, -0.15) is 0 Å². The number of allylic oxidation sites excluding steroid dienone is 3. The molecule has 0 saturated heterocycles. The zero-order chi connectivity index (χ0) is 23.9. The Morgan fingerprint density at radius 2 is 1.88 bits per heavy atom. The second-order valence-electron chi connectivity index (χ2n) is 10.5. The summed E-state index contributed by atoms with van der Waals surface area (Å²) >= 11 is 0. The molecule has 4 aliphatic rings. The summed E-state index contributed by atoms with van der Waals surface area (Å²) in [7, 11) is 0. The quantitative estimate of drug-likeness (QED) is 0.556. The number of fused-ring (bicyclic) bond motifs is 5. The Hall–Kier alpha value is -1.90. The molecule has 0 aromatic rings. The van der Waals surface area contributed by atoms with Crippen LogP contribution in [0.2, 0.25) is 0 Å². The van der Waals surface area contributed by atoms with Gasteiger partial charge in [-0.15, -0.1) is 0 Å². The minimum atomic E-state index is -2.19. The fourth-order valence-electron chi connectivity index (χ4n) is 7.46. The second-order valence-corrected chi connectivity index (χ2v) is 10.5. The van der Waals surface area contributed by atoms with Gasteiger partial charge < -0.3 is 20.1 Å². The minimum absolute atomic E-state index is 0.0305. The number of ketones is 2. The molecule has 0 heterocycles. The zero-order valence-corrected chi connectivity index (χ0v) is 18.8. The maximum atomic E-state index is 17.1. The van der Waals surface area contributed by atoms with Crippen LogP contribution in [0.5, 0.6) is 0 Å². The molecule has 7 nitrogen and oxygen atoms in total. The van der Waals surface area contributed by atoms with Gasteiger partial charge in [-0.3, -0.25) is 14.4 Å². The number of carbonyl (C=O) groups excluding carboxylic acids is 3. The summed E-state index contributed by atoms with van der Waals surface area (Å²) in [6.45, 7) is 5.53. The van der Waals surface area contributed by atoms with Crippen LogP contribution in [-0.4, -0.2) is 62.9 Å². The molecule has 3 saturated carbocycles. The summed E-state index contributed by atoms with van der Waals surface area (Å²) in [5, 5.41) is 33.8. The van der Waals surface area contributed by atoms with Crippen molar-refractivity contribution >= 4 is 17.5 Å². The SMILES string of the molecule is CC(=O)OCC(=O)[C@@]1(O)C(C)C[C@H]2[C@@H]3CC(O)C4=CC(=O)C=C[C@]4(C)[C@@]3(F)C(O)C[C@@]21C. The number of aliphatic hydroxyl groups excluding tert-OH is 2. The van der Waals surface area contributed by atoms with Crippen LogP contribution in [0.1, 0.15) is 47.0 Å². The van der Waals surface area contributed by atoms with Crippen molar-refractivity contribution < 1.29 is 38.8 Å². The lowest BCUT2D eigenvalue weighted by Crippen LogP contribution is -2.70. The Morgan fingerprint density at radius 3 is 2.50 bits per heavy atom. The number of alkyl halides is 1. The molecule has 0 aromatic heterocycles. The summed E-state index contributed by atoms with van der Waals surface area (Å²) in [5.74, 6) is -3.60. The normalized spacial score (nSPS) is 49.6. The van der Waals surface area contributed by atoms with E-state index >= 15 is 4.39 Å². The van der Waals surface area contributed by atoms with Gasteiger partial charge >= 0.3 is 5.97 Å². The number of esters is 1. The highest BCUT2D eigenvalue weighted by Gasteiger charge is 2.76. The van der Waals surface area contributed by atoms with Crippen LogP contribution in [0.25, 0.3) is 0 Å². The Bertz CT molecular complexity index is 943. The topological polar surface area (TPSA) is 121 Å². The fraction of sp³-hybridized carbons (Fsp3) is 0.708. The average Bonchev–Trinajstić information content (AvgIpc) is 2.91. The molecule has 0 aromatic carbocycles. The van der Waals surface area contributed by atoms with Crippen molar-refractivity contribution in [2.24, 2.45) is 28.6 Å². The predicted octanol–water partition coefficient (Wildman–Crippen LogP) is 1.44. The number of hydrogen-bond acceptors (Lipinski definition) is 7. The van der Waals surface area contributed by atoms with Crippen LogP contribution in [0.15, 0.2) is 23.8 Å². The van der Waals surface area contributed by atoms with Gasteiger partial charge in [0.1, 0.15) is 5.60 Å². The molecule has 4 aliphatic carbocycles. The molecule has 0 radical (unpaired) electrons. The van der Waals surface area contributed by atoms with E-state index in [1.165, 1.54) is 25.2 Å². The molecule has 3 N–H and O–H groups in total. The lowest BCUT2D eigenvalue weighted by atomic mass is 9.44. The molecule has 176 valence electrons. The highest BCUT2D eigenvalue weighted by molar-refractivity contribution is 6.01. The summed E-state index contributed by atoms with van der Waals surface area (Å²) in [6.07, 6.45) is 1.41. The summed E-state index contributed by atoms with van der Waals surface area (Å²) < 4.78 is 21.9. The van der Waals surface area contributed by atoms with E-state index in [-0.39, 0.29) is 24.2 Å². The van der Waals surface area contributed by atoms with Gasteiger partial charge in [0, 0.05) is 23.7 Å². The number of rotatable bonds is 3. The first-order valence-corrected chi connectivity index (χ1v) is 11.1. The molecule has 0 bridgehead atoms. The van der Waals surface area contributed by atoms with Crippen LogP contribution in [0.4, 0.5) is 4.39 Å². The third kappa shape index (κ3) is 2.66. The monoisotopic (exact) mass is 450 g/mol. The Balaban J connectivity index is 1.79. The van der Waals surface area contributed by atoms with Crippen molar-refractivity contribution in [3.8, 4) is 0 Å². The van der Waals surface area contributed by atoms with Crippen LogP contribution in [-0.2, 0) is 19.1 Å². The van der Waals surface area contributed by atoms with Gasteiger partial charge in [0.25, 0.3) is 0 Å². The van der Waals surface area contributed by atoms with Crippen molar-refractivity contribution in [1.82, 2.24) is 0 Å². The van der Waals surface area contributed by atoms with Gasteiger partial charge in [0.2, 0.25) is 5.78 Å². The van der Waals surface area contributed by atoms with Crippen molar-refractivity contribution in [3.63, 3.8) is 0 Å². The van der Waals surface area contributed by atoms with Gasteiger partial charge in [0.05, 0.1) is 12.2 Å². The van der Waals surface area contributed by atoms with E-state index in [0.717, 1.165) is 0 Å². The zero-order valence-electron chi connectivity index (χ0n) is 18.8. The summed E-state index contributed by atoms with van der Waals surface area (Å²) in [5.41, 5.74) is -6.44. The number of carbonyl (C=O) groups is 3. The van der Waals surface area contributed by atoms with E-state index in [1.54, 1.807) is 20.8 Å². The van der Waals surface area contributed by atoms with Gasteiger partial charge in [-0.05, 0) is 55.7 Å². The minimum Gasteiger partial charge on any atom is -0.458 e. The second kappa shape index (κ2) is 7.05. The highest BCUT2D eigenvalue weighted by Crippen LogP contribution is 2.70. The maximum absolute atomic E-state index is 17.1. The van der Waals surface area contributed by atoms with Crippen molar-refractivity contribution in [1.29, 1.82) is 0 Å². The van der Waals surface area contributed by atoms with Crippen molar-refractivity contribution in [2.75, 3.05) is 6.61 Å². The molecule has 0 amide bonds. The third-order valence-corrected chi connectivity index (χ3v) is 9.08. The maximum Gasteiger partial charge on any atom is 0.303 e. The van der Waals surface area contributed by atoms with E-state index in [1.807, 2.05) is 0 Å². The van der Waals surface area contributed by atoms with Gasteiger partial charge in [-0.25, -0.2) is 4.39 Å². The smallest absolute Gasteiger partial charge is 0.303 e. The first-order chi connectivity index (χ1) is 14.7. The highest BCUT2D eigenvalue weighted by atomic mass is 19.1. The van der Waals surface area contributed by atoms with E-state index < -0.39 is 70.4 Å². The first kappa shape index (κ1) is 23.3. The van der Waals surface area contributed by atoms with Crippen molar-refractivity contribution in [2.45, 2.75) is 70.4 Å². The number of halogens is 1. The number of hydrogen-bond donors (Lipinski definition) is 3. The van der Waals surface area contributed by atoms with Gasteiger partial charge in [0.15, 0.2) is 18.1 Å². The van der Waals surface area contributed by atoms with Crippen LogP contribution < -0.4 is 0 Å². The van der Waals surface area contributed by atoms with Crippen LogP contribution in [0.3, 0.4) is 0 Å². The number of ether oxygens (including phenoxy) is 1. The molecule has 8 heteroatoms. The van der Waals surface area contributed by atoms with Crippen LogP contribution >= 0.6 is 0 Å². The summed E-state index contributed by atoms with van der Waals surface area (Å²) in [4.78, 5) is 36.2. The lowest BCUT2D eigenvalue weighted by molar-refractivity contribution is -0.226. The number of Topliss-reactive ketones (excluding diaryl/α,β-unsaturated/α-hetero) is 1. The fourth-order valence-corrected chi connectivity index (χ4v) is 7.46. The lowest BCUT2D eigenvalue weighted by Gasteiger charge is -2.63. The Labute approximate surface area is 186 Å². The van der Waals surface area contributed by atoms with E-state index in [9.17, 15) is 29.7 Å². The van der Waals surface area contributed by atoms with E-state index in [2.05, 4.69) is 0 Å². The Morgan fingerprint density at radius 1 is 1.22 bits per heavy atom. The van der Waals surface area contributed by atoms with E-state index in [0.29, 0.717) is 6.42 Å². The molecule has 3 fully saturated rings. The van der Waals surface area contributed by atoms with Crippen LogP contribution in [0, 0.1) is 28.6 Å². The molecular weight excluding hydrogens is 419 g/mol. The summed E-state index contributed by atoms with van der Waals surface area (Å²) in [6, 6.07) is 0. The molecule has 0 spiro atoms. The first-order valence-electron chi connectivity index (χ1n) is 11.1. The molecule has 9 atom stereocenters. The standard InChI is InChI=1S/C24H31FO7/c1-12-7-15-16-9-18(28)17-8-14(27)5-6-21(17,3)23(16,25)19(29)10-22(15,4)24(12,31)20(30)11-32-13(2)26/h5-6,8,12,15-16,18-19,28-29,31H,7,9-11H2,1-4H3/t12?,15-,16-,18?,19?,21-,22-,23-,24-/m0/s1. The van der Waals surface area contributed by atoms with Gasteiger partial charge in [-0.1, -0.05) is 19.9 Å². The Kier molecular flexibility index (Phi) is 5.12. The van der Waals surface area contributed by atoms with Crippen molar-refractivity contribution in [3.05, 3.63) is 23.8 Å². The molecule has 0 aliphatic heterocycles. The molecule has 4 rings (SSSR count). The predicted molar refractivity (Wildman–Crippen MR) is 111 cm³/mol. The average molecular weight is 451 g/mol. The number of aliphatic hydroxyl groups is 3. The molecule has 32 heavy (non-hydrogen) atoms. The third-order valence-electron chi connectivity index (χ3n) is 9.08. The molecular formula is C24H31FO7. The molecule has 3 unspecified atom stereocenters.